The van der Waals surface area contributed by atoms with Gasteiger partial charge in [-0.3, -0.25) is 14.4 Å². The Bertz CT molecular complexity index is 1400. The molecule has 9 heteroatoms. The molecule has 2 aliphatic rings. The first-order valence-corrected chi connectivity index (χ1v) is 13.8. The van der Waals surface area contributed by atoms with Crippen molar-refractivity contribution in [3.05, 3.63) is 89.5 Å². The average molecular weight is 504 g/mol. The van der Waals surface area contributed by atoms with E-state index in [1.165, 1.54) is 5.56 Å². The van der Waals surface area contributed by atoms with Crippen molar-refractivity contribution in [1.82, 2.24) is 10.2 Å². The van der Waals surface area contributed by atoms with Crippen LogP contribution in [0.2, 0.25) is 0 Å². The maximum atomic E-state index is 13.1. The summed E-state index contributed by atoms with van der Waals surface area (Å²) in [6.45, 7) is 5.00. The molecule has 0 atom stereocenters. The van der Waals surface area contributed by atoms with Crippen LogP contribution in [0.25, 0.3) is 11.3 Å². The molecule has 0 aliphatic carbocycles. The predicted octanol–water partition coefficient (Wildman–Crippen LogP) is 3.40. The van der Waals surface area contributed by atoms with E-state index in [0.29, 0.717) is 28.2 Å². The van der Waals surface area contributed by atoms with Gasteiger partial charge in [0, 0.05) is 55.3 Å². The van der Waals surface area contributed by atoms with Gasteiger partial charge in [-0.25, -0.2) is 8.42 Å². The Hall–Kier alpha value is -3.66. The minimum Gasteiger partial charge on any atom is -0.354 e. The molecule has 1 amide bonds. The molecule has 186 valence electrons. The third-order valence-electron chi connectivity index (χ3n) is 6.22. The fourth-order valence-corrected chi connectivity index (χ4v) is 5.10. The van der Waals surface area contributed by atoms with Crippen molar-refractivity contribution in [2.75, 3.05) is 47.8 Å². The lowest BCUT2D eigenvalue weighted by molar-refractivity contribution is -0.110. The van der Waals surface area contributed by atoms with E-state index in [1.807, 2.05) is 42.5 Å². The van der Waals surface area contributed by atoms with Gasteiger partial charge >= 0.3 is 0 Å². The molecular formula is C27H29N5O3S. The third kappa shape index (κ3) is 5.59. The topological polar surface area (TPSA) is 103 Å². The van der Waals surface area contributed by atoms with Gasteiger partial charge in [0.05, 0.1) is 17.5 Å². The molecule has 8 nitrogen and oxygen atoms in total. The smallest absolute Gasteiger partial charge is 0.258 e. The molecule has 36 heavy (non-hydrogen) atoms. The summed E-state index contributed by atoms with van der Waals surface area (Å²) >= 11 is 0. The van der Waals surface area contributed by atoms with Crippen molar-refractivity contribution in [1.29, 1.82) is 0 Å². The summed E-state index contributed by atoms with van der Waals surface area (Å²) in [4.78, 5) is 15.6. The average Bonchev–Trinajstić information content (AvgIpc) is 3.18. The second kappa shape index (κ2) is 10.1. The SMILES string of the molecule is CS(=O)(=O)Nc1ccc2c(c1)C(=C(Nc1ccc(CN3CCNCC3)cc1)c1ccccc1)C(=O)N2. The quantitative estimate of drug-likeness (QED) is 0.369. The van der Waals surface area contributed by atoms with E-state index in [0.717, 1.165) is 50.2 Å². The second-order valence-electron chi connectivity index (χ2n) is 9.05. The Morgan fingerprint density at radius 1 is 0.944 bits per heavy atom. The summed E-state index contributed by atoms with van der Waals surface area (Å²) in [5, 5.41) is 9.74. The number of nitrogens with zero attached hydrogens (tertiary/aromatic N) is 1. The number of amides is 1. The van der Waals surface area contributed by atoms with Crippen LogP contribution in [0.3, 0.4) is 0 Å². The first-order valence-electron chi connectivity index (χ1n) is 11.9. The number of nitrogens with one attached hydrogen (secondary N) is 4. The highest BCUT2D eigenvalue weighted by atomic mass is 32.2. The van der Waals surface area contributed by atoms with Gasteiger partial charge in [-0.2, -0.15) is 0 Å². The molecule has 3 aromatic carbocycles. The number of carbonyl (C=O) groups excluding carboxylic acids is 1. The number of rotatable bonds is 7. The highest BCUT2D eigenvalue weighted by molar-refractivity contribution is 7.92. The summed E-state index contributed by atoms with van der Waals surface area (Å²) in [6.07, 6.45) is 1.10. The number of sulfonamides is 1. The number of piperazine rings is 1. The van der Waals surface area contributed by atoms with Crippen molar-refractivity contribution in [3.63, 3.8) is 0 Å². The number of anilines is 3. The fraction of sp³-hybridized carbons (Fsp3) is 0.222. The van der Waals surface area contributed by atoms with E-state index in [1.54, 1.807) is 18.2 Å². The van der Waals surface area contributed by atoms with Gasteiger partial charge in [0.2, 0.25) is 10.0 Å². The highest BCUT2D eigenvalue weighted by Crippen LogP contribution is 2.39. The zero-order valence-electron chi connectivity index (χ0n) is 20.0. The summed E-state index contributed by atoms with van der Waals surface area (Å²) < 4.78 is 26.0. The third-order valence-corrected chi connectivity index (χ3v) is 6.83. The molecule has 4 N–H and O–H groups in total. The maximum absolute atomic E-state index is 13.1. The Labute approximate surface area is 211 Å². The Morgan fingerprint density at radius 2 is 1.64 bits per heavy atom. The summed E-state index contributed by atoms with van der Waals surface area (Å²) in [5.74, 6) is -0.247. The van der Waals surface area contributed by atoms with Crippen LogP contribution in [0.4, 0.5) is 17.1 Å². The van der Waals surface area contributed by atoms with Crippen LogP contribution in [0, 0.1) is 0 Å². The molecule has 0 unspecified atom stereocenters. The molecule has 2 aliphatic heterocycles. The normalized spacial score (nSPS) is 17.3. The van der Waals surface area contributed by atoms with Crippen LogP contribution >= 0.6 is 0 Å². The first-order chi connectivity index (χ1) is 17.4. The lowest BCUT2D eigenvalue weighted by Gasteiger charge is -2.27. The molecule has 0 spiro atoms. The van der Waals surface area contributed by atoms with Crippen molar-refractivity contribution in [3.8, 4) is 0 Å². The number of fused-ring (bicyclic) bond motifs is 1. The van der Waals surface area contributed by atoms with E-state index in [2.05, 4.69) is 37.7 Å². The van der Waals surface area contributed by atoms with E-state index < -0.39 is 10.0 Å². The van der Waals surface area contributed by atoms with Crippen LogP contribution in [-0.2, 0) is 21.4 Å². The molecule has 0 bridgehead atoms. The standard InChI is InChI=1S/C27H29N5O3S/c1-36(34,35)31-22-11-12-24-23(17-22)25(27(33)30-24)26(20-5-3-2-4-6-20)29-21-9-7-19(8-10-21)18-32-15-13-28-14-16-32/h2-12,17,28-29,31H,13-16,18H2,1H3,(H,30,33). The number of benzene rings is 3. The zero-order chi connectivity index (χ0) is 25.1. The molecule has 1 saturated heterocycles. The van der Waals surface area contributed by atoms with Crippen molar-refractivity contribution in [2.45, 2.75) is 6.54 Å². The van der Waals surface area contributed by atoms with Crippen LogP contribution < -0.4 is 20.7 Å². The minimum absolute atomic E-state index is 0.247. The molecule has 2 heterocycles. The summed E-state index contributed by atoms with van der Waals surface area (Å²) in [5.41, 5.74) is 5.72. The Balaban J connectivity index is 1.50. The number of carbonyl (C=O) groups is 1. The van der Waals surface area contributed by atoms with Crippen LogP contribution in [-0.4, -0.2) is 51.7 Å². The van der Waals surface area contributed by atoms with Gasteiger partial charge in [0.1, 0.15) is 0 Å². The lowest BCUT2D eigenvalue weighted by atomic mass is 9.99. The van der Waals surface area contributed by atoms with Gasteiger partial charge in [-0.05, 0) is 41.5 Å². The molecule has 0 aromatic heterocycles. The van der Waals surface area contributed by atoms with E-state index in [9.17, 15) is 13.2 Å². The van der Waals surface area contributed by atoms with Crippen molar-refractivity contribution >= 4 is 44.3 Å². The van der Waals surface area contributed by atoms with Gasteiger partial charge in [0.15, 0.2) is 0 Å². The van der Waals surface area contributed by atoms with Gasteiger partial charge in [-0.15, -0.1) is 0 Å². The number of hydrogen-bond donors (Lipinski definition) is 4. The van der Waals surface area contributed by atoms with E-state index >= 15 is 0 Å². The molecule has 1 fully saturated rings. The van der Waals surface area contributed by atoms with Gasteiger partial charge in [-0.1, -0.05) is 42.5 Å². The minimum atomic E-state index is -3.46. The van der Waals surface area contributed by atoms with E-state index in [4.69, 9.17) is 0 Å². The largest absolute Gasteiger partial charge is 0.354 e. The zero-order valence-corrected chi connectivity index (χ0v) is 20.9. The predicted molar refractivity (Wildman–Crippen MR) is 145 cm³/mol. The molecule has 0 radical (unpaired) electrons. The van der Waals surface area contributed by atoms with Crippen molar-refractivity contribution in [2.24, 2.45) is 0 Å². The summed E-state index contributed by atoms with van der Waals surface area (Å²) in [7, 11) is -3.46. The van der Waals surface area contributed by atoms with Gasteiger partial charge in [0.25, 0.3) is 5.91 Å². The van der Waals surface area contributed by atoms with Crippen LogP contribution in [0.5, 0.6) is 0 Å². The second-order valence-corrected chi connectivity index (χ2v) is 10.8. The highest BCUT2D eigenvalue weighted by Gasteiger charge is 2.29. The molecular weight excluding hydrogens is 474 g/mol. The molecule has 0 saturated carbocycles. The van der Waals surface area contributed by atoms with Crippen LogP contribution in [0.1, 0.15) is 16.7 Å². The maximum Gasteiger partial charge on any atom is 0.258 e. The van der Waals surface area contributed by atoms with Crippen LogP contribution in [0.15, 0.2) is 72.8 Å². The first kappa shape index (κ1) is 24.1. The Kier molecular flexibility index (Phi) is 6.77. The number of hydrogen-bond acceptors (Lipinski definition) is 6. The Morgan fingerprint density at radius 3 is 2.33 bits per heavy atom. The molecule has 5 rings (SSSR count). The monoisotopic (exact) mass is 503 g/mol. The molecule has 3 aromatic rings. The van der Waals surface area contributed by atoms with Crippen molar-refractivity contribution < 1.29 is 13.2 Å². The van der Waals surface area contributed by atoms with E-state index in [-0.39, 0.29) is 5.91 Å². The fourth-order valence-electron chi connectivity index (χ4n) is 4.54. The lowest BCUT2D eigenvalue weighted by Crippen LogP contribution is -2.42. The summed E-state index contributed by atoms with van der Waals surface area (Å²) in [6, 6.07) is 22.9. The van der Waals surface area contributed by atoms with Gasteiger partial charge < -0.3 is 16.0 Å².